The van der Waals surface area contributed by atoms with Gasteiger partial charge in [-0.05, 0) is 38.2 Å². The molecule has 0 radical (unpaired) electrons. The number of aliphatic hydroxyl groups is 1. The molecule has 0 saturated carbocycles. The second kappa shape index (κ2) is 9.16. The first-order valence-electron chi connectivity index (χ1n) is 8.64. The average molecular weight is 335 g/mol. The lowest BCUT2D eigenvalue weighted by Gasteiger charge is -2.27. The molecule has 0 spiro atoms. The summed E-state index contributed by atoms with van der Waals surface area (Å²) in [5, 5.41) is 13.3. The molecule has 0 aromatic heterocycles. The van der Waals surface area contributed by atoms with Crippen LogP contribution in [0.25, 0.3) is 0 Å². The number of carbonyl (C=O) groups excluding carboxylic acids is 1. The number of aliphatic hydroxyl groups excluding tert-OH is 1. The molecule has 3 atom stereocenters. The van der Waals surface area contributed by atoms with Crippen molar-refractivity contribution < 1.29 is 9.90 Å². The van der Waals surface area contributed by atoms with E-state index in [1.54, 1.807) is 0 Å². The summed E-state index contributed by atoms with van der Waals surface area (Å²) in [6.07, 6.45) is 0.210. The molecule has 5 nitrogen and oxygen atoms in total. The summed E-state index contributed by atoms with van der Waals surface area (Å²) >= 11 is 0. The van der Waals surface area contributed by atoms with Gasteiger partial charge in [-0.3, -0.25) is 4.79 Å². The molecule has 5 heteroatoms. The molecule has 1 rings (SSSR count). The third kappa shape index (κ3) is 7.43. The Balaban J connectivity index is 2.61. The van der Waals surface area contributed by atoms with Crippen molar-refractivity contribution in [2.75, 3.05) is 6.54 Å². The summed E-state index contributed by atoms with van der Waals surface area (Å²) < 4.78 is 0. The lowest BCUT2D eigenvalue weighted by molar-refractivity contribution is -0.127. The average Bonchev–Trinajstić information content (AvgIpc) is 2.50. The number of benzene rings is 1. The molecule has 0 unspecified atom stereocenters. The quantitative estimate of drug-likeness (QED) is 0.548. The second-order valence-corrected chi connectivity index (χ2v) is 7.71. The van der Waals surface area contributed by atoms with Crippen LogP contribution in [0.3, 0.4) is 0 Å². The van der Waals surface area contributed by atoms with Gasteiger partial charge in [0.25, 0.3) is 0 Å². The van der Waals surface area contributed by atoms with E-state index >= 15 is 0 Å². The van der Waals surface area contributed by atoms with Crippen molar-refractivity contribution in [1.29, 1.82) is 0 Å². The van der Waals surface area contributed by atoms with Crippen LogP contribution in [0.2, 0.25) is 0 Å². The molecule has 0 aliphatic heterocycles. The van der Waals surface area contributed by atoms with E-state index in [1.807, 2.05) is 58.0 Å². The van der Waals surface area contributed by atoms with Gasteiger partial charge in [0.15, 0.2) is 0 Å². The zero-order valence-electron chi connectivity index (χ0n) is 15.3. The van der Waals surface area contributed by atoms with Crippen LogP contribution in [0.5, 0.6) is 0 Å². The Kier molecular flexibility index (Phi) is 7.87. The van der Waals surface area contributed by atoms with Gasteiger partial charge < -0.3 is 21.9 Å². The summed E-state index contributed by atoms with van der Waals surface area (Å²) in [6.45, 7) is 8.09. The molecule has 0 fully saturated rings. The van der Waals surface area contributed by atoms with Crippen LogP contribution >= 0.6 is 0 Å². The van der Waals surface area contributed by atoms with E-state index in [4.69, 9.17) is 11.5 Å². The van der Waals surface area contributed by atoms with Crippen LogP contribution in [0, 0.1) is 11.8 Å². The maximum atomic E-state index is 12.4. The summed E-state index contributed by atoms with van der Waals surface area (Å²) in [4.78, 5) is 12.4. The molecule has 1 amide bonds. The topological polar surface area (TPSA) is 101 Å². The number of hydrogen-bond acceptors (Lipinski definition) is 4. The second-order valence-electron chi connectivity index (χ2n) is 7.71. The Morgan fingerprint density at radius 1 is 1.25 bits per heavy atom. The fourth-order valence-corrected chi connectivity index (χ4v) is 2.59. The van der Waals surface area contributed by atoms with Gasteiger partial charge >= 0.3 is 0 Å². The highest BCUT2D eigenvalue weighted by Gasteiger charge is 2.28. The van der Waals surface area contributed by atoms with Crippen molar-refractivity contribution in [2.45, 2.75) is 58.2 Å². The molecule has 1 aromatic rings. The van der Waals surface area contributed by atoms with E-state index in [-0.39, 0.29) is 17.7 Å². The minimum atomic E-state index is -0.728. The summed E-state index contributed by atoms with van der Waals surface area (Å²) in [5.41, 5.74) is 12.7. The lowest BCUT2D eigenvalue weighted by atomic mass is 9.86. The largest absolute Gasteiger partial charge is 0.391 e. The molecule has 136 valence electrons. The molecule has 6 N–H and O–H groups in total. The molecule has 0 aliphatic carbocycles. The van der Waals surface area contributed by atoms with E-state index in [1.165, 1.54) is 0 Å². The zero-order valence-corrected chi connectivity index (χ0v) is 15.3. The highest BCUT2D eigenvalue weighted by molar-refractivity contribution is 5.79. The van der Waals surface area contributed by atoms with Crippen molar-refractivity contribution >= 4 is 5.91 Å². The number of carbonyl (C=O) groups is 1. The van der Waals surface area contributed by atoms with E-state index in [2.05, 4.69) is 5.32 Å². The smallest absolute Gasteiger partial charge is 0.223 e. The van der Waals surface area contributed by atoms with Gasteiger partial charge in [0.05, 0.1) is 6.10 Å². The minimum Gasteiger partial charge on any atom is -0.391 e. The van der Waals surface area contributed by atoms with E-state index in [0.717, 1.165) is 5.56 Å². The van der Waals surface area contributed by atoms with Gasteiger partial charge in [-0.1, -0.05) is 44.2 Å². The molecular weight excluding hydrogens is 302 g/mol. The van der Waals surface area contributed by atoms with Gasteiger partial charge in [0.1, 0.15) is 0 Å². The van der Waals surface area contributed by atoms with E-state index in [0.29, 0.717) is 19.4 Å². The Morgan fingerprint density at radius 3 is 2.33 bits per heavy atom. The van der Waals surface area contributed by atoms with Crippen molar-refractivity contribution in [1.82, 2.24) is 5.32 Å². The van der Waals surface area contributed by atoms with Crippen LogP contribution in [-0.2, 0) is 11.2 Å². The van der Waals surface area contributed by atoms with Crippen LogP contribution in [0.1, 0.15) is 39.7 Å². The summed E-state index contributed by atoms with van der Waals surface area (Å²) in [6, 6.07) is 9.43. The van der Waals surface area contributed by atoms with Crippen molar-refractivity contribution in [3.05, 3.63) is 35.9 Å². The van der Waals surface area contributed by atoms with Gasteiger partial charge in [-0.2, -0.15) is 0 Å². The normalized spacial score (nSPS) is 15.8. The van der Waals surface area contributed by atoms with Crippen LogP contribution in [0.15, 0.2) is 30.3 Å². The highest BCUT2D eigenvalue weighted by atomic mass is 16.3. The lowest BCUT2D eigenvalue weighted by Crippen LogP contribution is -2.48. The first-order chi connectivity index (χ1) is 11.1. The Morgan fingerprint density at radius 2 is 1.83 bits per heavy atom. The van der Waals surface area contributed by atoms with Crippen molar-refractivity contribution in [3.63, 3.8) is 0 Å². The molecule has 0 bridgehead atoms. The van der Waals surface area contributed by atoms with Crippen molar-refractivity contribution in [2.24, 2.45) is 23.3 Å². The predicted molar refractivity (Wildman–Crippen MR) is 98.3 cm³/mol. The van der Waals surface area contributed by atoms with Gasteiger partial charge in [-0.25, -0.2) is 0 Å². The SMILES string of the molecule is CC(C)[C@@H](C[C@H](O)[C@@H](N)Cc1ccccc1)C(=O)NCC(C)(C)N. The number of nitrogens with one attached hydrogen (secondary N) is 1. The Labute approximate surface area is 145 Å². The molecule has 1 aromatic carbocycles. The predicted octanol–water partition coefficient (Wildman–Crippen LogP) is 1.43. The summed E-state index contributed by atoms with van der Waals surface area (Å²) in [5.74, 6) is -0.247. The zero-order chi connectivity index (χ0) is 18.3. The third-order valence-electron chi connectivity index (χ3n) is 4.16. The van der Waals surface area contributed by atoms with E-state index in [9.17, 15) is 9.90 Å². The van der Waals surface area contributed by atoms with Gasteiger partial charge in [0.2, 0.25) is 5.91 Å². The summed E-state index contributed by atoms with van der Waals surface area (Å²) in [7, 11) is 0. The van der Waals surface area contributed by atoms with Crippen LogP contribution in [0.4, 0.5) is 0 Å². The maximum absolute atomic E-state index is 12.4. The van der Waals surface area contributed by atoms with Gasteiger partial charge in [-0.15, -0.1) is 0 Å². The number of amides is 1. The first kappa shape index (κ1) is 20.6. The number of nitrogens with two attached hydrogens (primary N) is 2. The molecule has 0 aliphatic rings. The fourth-order valence-electron chi connectivity index (χ4n) is 2.59. The highest BCUT2D eigenvalue weighted by Crippen LogP contribution is 2.20. The Hall–Kier alpha value is -1.43. The number of rotatable bonds is 9. The first-order valence-corrected chi connectivity index (χ1v) is 8.64. The number of hydrogen-bond donors (Lipinski definition) is 4. The molecule has 24 heavy (non-hydrogen) atoms. The molecular formula is C19H33N3O2. The molecule has 0 saturated heterocycles. The Bertz CT molecular complexity index is 497. The van der Waals surface area contributed by atoms with Gasteiger partial charge in [0, 0.05) is 24.0 Å². The monoisotopic (exact) mass is 335 g/mol. The minimum absolute atomic E-state index is 0.0745. The van der Waals surface area contributed by atoms with E-state index < -0.39 is 17.7 Å². The maximum Gasteiger partial charge on any atom is 0.223 e. The molecule has 0 heterocycles. The van der Waals surface area contributed by atoms with Crippen LogP contribution in [-0.4, -0.2) is 35.2 Å². The van der Waals surface area contributed by atoms with Crippen LogP contribution < -0.4 is 16.8 Å². The third-order valence-corrected chi connectivity index (χ3v) is 4.16. The van der Waals surface area contributed by atoms with Crippen molar-refractivity contribution in [3.8, 4) is 0 Å². The standard InChI is InChI=1S/C19H33N3O2/c1-13(2)15(18(24)22-12-19(3,4)21)11-17(23)16(20)10-14-8-6-5-7-9-14/h5-9,13,15-17,23H,10-12,20-21H2,1-4H3,(H,22,24)/t15-,16+,17+/m1/s1. The fraction of sp³-hybridized carbons (Fsp3) is 0.632.